The molecule has 0 radical (unpaired) electrons. The number of nitriles is 1. The topological polar surface area (TPSA) is 151 Å². The van der Waals surface area contributed by atoms with Gasteiger partial charge in [0.2, 0.25) is 5.95 Å². The lowest BCUT2D eigenvalue weighted by molar-refractivity contribution is -0.138. The molecule has 1 saturated heterocycles. The zero-order valence-electron chi connectivity index (χ0n) is 18.5. The van der Waals surface area contributed by atoms with E-state index in [1.807, 2.05) is 11.0 Å². The molecule has 0 bridgehead atoms. The number of halogens is 3. The van der Waals surface area contributed by atoms with Gasteiger partial charge in [0.25, 0.3) is 5.56 Å². The first-order valence-electron chi connectivity index (χ1n) is 10.6. The summed E-state index contributed by atoms with van der Waals surface area (Å²) in [6.07, 6.45) is 1.62. The lowest BCUT2D eigenvalue weighted by atomic mass is 10.2. The Morgan fingerprint density at radius 3 is 2.83 bits per heavy atom. The standard InChI is InChI=1S/C20H21F3N10O2/c1-12(28-16-7-27-30-18(34)17(16)20(21,22)23)10-35-11-14-8-33(31-29-14)15-2-3-32(9-15)19-25-5-13(4-24)6-26-19/h5-8,12,15H,2-3,9-11H2,1H3,(H2,28,30,34). The van der Waals surface area contributed by atoms with Crippen LogP contribution in [-0.2, 0) is 17.5 Å². The van der Waals surface area contributed by atoms with Gasteiger partial charge in [-0.05, 0) is 13.3 Å². The van der Waals surface area contributed by atoms with Crippen molar-refractivity contribution in [1.82, 2.24) is 35.2 Å². The number of hydrogen-bond donors (Lipinski definition) is 2. The normalized spacial score (nSPS) is 16.8. The summed E-state index contributed by atoms with van der Waals surface area (Å²) < 4.78 is 46.8. The van der Waals surface area contributed by atoms with Gasteiger partial charge in [0.1, 0.15) is 17.3 Å². The number of rotatable bonds is 8. The van der Waals surface area contributed by atoms with Crippen molar-refractivity contribution in [3.63, 3.8) is 0 Å². The fourth-order valence-electron chi connectivity index (χ4n) is 3.68. The van der Waals surface area contributed by atoms with Crippen LogP contribution in [0.1, 0.15) is 36.2 Å². The van der Waals surface area contributed by atoms with Gasteiger partial charge in [0.15, 0.2) is 0 Å². The van der Waals surface area contributed by atoms with E-state index in [1.54, 1.807) is 22.9 Å². The molecule has 2 N–H and O–H groups in total. The Balaban J connectivity index is 1.28. The average molecular weight is 490 g/mol. The van der Waals surface area contributed by atoms with Crippen LogP contribution in [0.15, 0.2) is 29.6 Å². The SMILES string of the molecule is CC(COCc1cn(C2CCN(c3ncc(C#N)cn3)C2)nn1)Nc1cn[nH]c(=O)c1C(F)(F)F. The molecule has 2 unspecified atom stereocenters. The van der Waals surface area contributed by atoms with Crippen LogP contribution in [0.3, 0.4) is 0 Å². The van der Waals surface area contributed by atoms with Crippen molar-refractivity contribution in [1.29, 1.82) is 5.26 Å². The molecule has 0 saturated carbocycles. The zero-order chi connectivity index (χ0) is 25.0. The number of ether oxygens (including phenoxy) is 1. The predicted molar refractivity (Wildman–Crippen MR) is 115 cm³/mol. The highest BCUT2D eigenvalue weighted by Gasteiger charge is 2.37. The van der Waals surface area contributed by atoms with Crippen molar-refractivity contribution in [3.05, 3.63) is 52.0 Å². The Morgan fingerprint density at radius 2 is 2.11 bits per heavy atom. The first-order chi connectivity index (χ1) is 16.7. The molecule has 0 aliphatic carbocycles. The second-order valence-corrected chi connectivity index (χ2v) is 8.01. The number of anilines is 2. The highest BCUT2D eigenvalue weighted by atomic mass is 19.4. The summed E-state index contributed by atoms with van der Waals surface area (Å²) in [4.78, 5) is 22.0. The Kier molecular flexibility index (Phi) is 6.92. The molecule has 2 atom stereocenters. The van der Waals surface area contributed by atoms with E-state index in [9.17, 15) is 18.0 Å². The quantitative estimate of drug-likeness (QED) is 0.475. The first-order valence-corrected chi connectivity index (χ1v) is 10.6. The van der Waals surface area contributed by atoms with E-state index in [0.717, 1.165) is 19.2 Å². The van der Waals surface area contributed by atoms with Crippen LogP contribution in [0, 0.1) is 11.3 Å². The van der Waals surface area contributed by atoms with Gasteiger partial charge in [0.05, 0.1) is 55.3 Å². The van der Waals surface area contributed by atoms with E-state index < -0.39 is 29.0 Å². The number of alkyl halides is 3. The fraction of sp³-hybridized carbons (Fsp3) is 0.450. The molecule has 35 heavy (non-hydrogen) atoms. The molecule has 3 aromatic rings. The molecule has 0 aromatic carbocycles. The second kappa shape index (κ2) is 10.1. The average Bonchev–Trinajstić information content (AvgIpc) is 3.48. The van der Waals surface area contributed by atoms with E-state index in [0.29, 0.717) is 23.8 Å². The summed E-state index contributed by atoms with van der Waals surface area (Å²) >= 11 is 0. The van der Waals surface area contributed by atoms with Gasteiger partial charge in [-0.15, -0.1) is 5.10 Å². The maximum absolute atomic E-state index is 13.2. The minimum Gasteiger partial charge on any atom is -0.378 e. The third-order valence-corrected chi connectivity index (χ3v) is 5.30. The van der Waals surface area contributed by atoms with Crippen LogP contribution in [0.25, 0.3) is 0 Å². The molecule has 4 rings (SSSR count). The van der Waals surface area contributed by atoms with Gasteiger partial charge in [-0.25, -0.2) is 19.7 Å². The predicted octanol–water partition coefficient (Wildman–Crippen LogP) is 1.51. The van der Waals surface area contributed by atoms with Gasteiger partial charge >= 0.3 is 6.18 Å². The summed E-state index contributed by atoms with van der Waals surface area (Å²) in [5, 5.41) is 25.0. The van der Waals surface area contributed by atoms with Crippen LogP contribution in [-0.4, -0.2) is 60.9 Å². The minimum absolute atomic E-state index is 0.0561. The van der Waals surface area contributed by atoms with E-state index in [2.05, 4.69) is 30.7 Å². The molecule has 12 nitrogen and oxygen atoms in total. The van der Waals surface area contributed by atoms with Crippen molar-refractivity contribution in [2.24, 2.45) is 0 Å². The van der Waals surface area contributed by atoms with Crippen molar-refractivity contribution >= 4 is 11.6 Å². The summed E-state index contributed by atoms with van der Waals surface area (Å²) in [5.74, 6) is 0.543. The molecular weight excluding hydrogens is 469 g/mol. The van der Waals surface area contributed by atoms with E-state index in [1.165, 1.54) is 12.4 Å². The largest absolute Gasteiger partial charge is 0.423 e. The van der Waals surface area contributed by atoms with Crippen LogP contribution >= 0.6 is 0 Å². The third-order valence-electron chi connectivity index (χ3n) is 5.30. The second-order valence-electron chi connectivity index (χ2n) is 8.01. The van der Waals surface area contributed by atoms with Crippen molar-refractivity contribution < 1.29 is 17.9 Å². The van der Waals surface area contributed by atoms with Gasteiger partial charge in [0, 0.05) is 19.1 Å². The van der Waals surface area contributed by atoms with Gasteiger partial charge in [-0.3, -0.25) is 4.79 Å². The smallest absolute Gasteiger partial charge is 0.378 e. The molecule has 3 aromatic heterocycles. The van der Waals surface area contributed by atoms with Gasteiger partial charge < -0.3 is 15.0 Å². The highest BCUT2D eigenvalue weighted by molar-refractivity contribution is 5.50. The first kappa shape index (κ1) is 24.1. The number of hydrogen-bond acceptors (Lipinski definition) is 10. The van der Waals surface area contributed by atoms with Crippen LogP contribution < -0.4 is 15.8 Å². The molecule has 1 fully saturated rings. The summed E-state index contributed by atoms with van der Waals surface area (Å²) in [6, 6.07) is 1.50. The molecule has 15 heteroatoms. The summed E-state index contributed by atoms with van der Waals surface area (Å²) in [7, 11) is 0. The molecule has 184 valence electrons. The van der Waals surface area contributed by atoms with E-state index in [-0.39, 0.29) is 19.3 Å². The van der Waals surface area contributed by atoms with Gasteiger partial charge in [-0.2, -0.15) is 23.5 Å². The number of H-pyrrole nitrogens is 1. The summed E-state index contributed by atoms with van der Waals surface area (Å²) in [6.45, 7) is 3.15. The van der Waals surface area contributed by atoms with Gasteiger partial charge in [-0.1, -0.05) is 5.21 Å². The lowest BCUT2D eigenvalue weighted by Crippen LogP contribution is -2.29. The molecular formula is C20H21F3N10O2. The van der Waals surface area contributed by atoms with E-state index >= 15 is 0 Å². The van der Waals surface area contributed by atoms with Crippen molar-refractivity contribution in [3.8, 4) is 6.07 Å². The third kappa shape index (κ3) is 5.72. The molecule has 0 spiro atoms. The number of aromatic nitrogens is 7. The highest BCUT2D eigenvalue weighted by Crippen LogP contribution is 2.31. The lowest BCUT2D eigenvalue weighted by Gasteiger charge is -2.18. The Labute approximate surface area is 196 Å². The van der Waals surface area contributed by atoms with E-state index in [4.69, 9.17) is 10.00 Å². The van der Waals surface area contributed by atoms with Crippen molar-refractivity contribution in [2.75, 3.05) is 29.9 Å². The summed E-state index contributed by atoms with van der Waals surface area (Å²) in [5.41, 5.74) is -2.10. The zero-order valence-corrected chi connectivity index (χ0v) is 18.5. The number of nitrogens with zero attached hydrogens (tertiary/aromatic N) is 8. The fourth-order valence-corrected chi connectivity index (χ4v) is 3.68. The molecule has 1 aliphatic rings. The van der Waals surface area contributed by atoms with Crippen molar-refractivity contribution in [2.45, 2.75) is 38.2 Å². The Morgan fingerprint density at radius 1 is 1.34 bits per heavy atom. The monoisotopic (exact) mass is 490 g/mol. The Bertz CT molecular complexity index is 1250. The van der Waals surface area contributed by atoms with Crippen LogP contribution in [0.5, 0.6) is 0 Å². The maximum Gasteiger partial charge on any atom is 0.423 e. The number of nitrogens with one attached hydrogen (secondary N) is 2. The minimum atomic E-state index is -4.82. The Hall–Kier alpha value is -4.06. The maximum atomic E-state index is 13.2. The molecule has 0 amide bonds. The van der Waals surface area contributed by atoms with Crippen LogP contribution in [0.4, 0.5) is 24.8 Å². The molecule has 1 aliphatic heterocycles. The molecule has 4 heterocycles. The van der Waals surface area contributed by atoms with Crippen LogP contribution in [0.2, 0.25) is 0 Å². The number of aromatic amines is 1.